The van der Waals surface area contributed by atoms with Crippen LogP contribution in [0.1, 0.15) is 68.2 Å². The van der Waals surface area contributed by atoms with E-state index in [-0.39, 0.29) is 10.8 Å². The molecule has 298 valence electrons. The normalized spacial score (nSPS) is 23.2. The first-order chi connectivity index (χ1) is 30.4. The summed E-state index contributed by atoms with van der Waals surface area (Å²) in [7, 11) is 0. The van der Waals surface area contributed by atoms with E-state index in [2.05, 4.69) is 166 Å². The number of nitrogens with zero attached hydrogens (tertiary/aromatic N) is 3. The highest BCUT2D eigenvalue weighted by molar-refractivity contribution is 7.26. The van der Waals surface area contributed by atoms with Crippen LogP contribution in [-0.2, 0) is 10.8 Å². The lowest BCUT2D eigenvalue weighted by atomic mass is 9.43. The van der Waals surface area contributed by atoms with E-state index < -0.39 is 0 Å². The lowest BCUT2D eigenvalue weighted by Gasteiger charge is -2.61. The molecular weight excluding hydrogens is 771 g/mol. The average molecular weight is 816 g/mol. The molecule has 62 heavy (non-hydrogen) atoms. The summed E-state index contributed by atoms with van der Waals surface area (Å²) in [5, 5.41) is 2.56. The summed E-state index contributed by atoms with van der Waals surface area (Å²) < 4.78 is 2.70. The van der Waals surface area contributed by atoms with Crippen molar-refractivity contribution in [2.75, 3.05) is 0 Å². The number of aromatic nitrogens is 3. The van der Waals surface area contributed by atoms with Crippen LogP contribution in [0.15, 0.2) is 152 Å². The molecule has 0 amide bonds. The first-order valence-electron chi connectivity index (χ1n) is 22.7. The molecule has 2 aromatic heterocycles. The number of thiophene rings is 1. The van der Waals surface area contributed by atoms with Gasteiger partial charge in [0.15, 0.2) is 17.5 Å². The lowest BCUT2D eigenvalue weighted by Crippen LogP contribution is -2.55. The Balaban J connectivity index is 0.937. The molecule has 4 heteroatoms. The van der Waals surface area contributed by atoms with Gasteiger partial charge in [0.05, 0.1) is 0 Å². The van der Waals surface area contributed by atoms with Gasteiger partial charge in [0.1, 0.15) is 0 Å². The second kappa shape index (κ2) is 12.7. The van der Waals surface area contributed by atoms with Crippen LogP contribution in [0.3, 0.4) is 0 Å². The second-order valence-electron chi connectivity index (χ2n) is 19.5. The van der Waals surface area contributed by atoms with Crippen molar-refractivity contribution in [1.29, 1.82) is 0 Å². The van der Waals surface area contributed by atoms with Crippen LogP contribution in [0.2, 0.25) is 0 Å². The maximum atomic E-state index is 5.42. The largest absolute Gasteiger partial charge is 0.208 e. The maximum Gasteiger partial charge on any atom is 0.164 e. The molecule has 0 aliphatic heterocycles. The second-order valence-corrected chi connectivity index (χ2v) is 20.6. The van der Waals surface area contributed by atoms with E-state index in [1.807, 2.05) is 11.3 Å². The Morgan fingerprint density at radius 2 is 1.05 bits per heavy atom. The summed E-state index contributed by atoms with van der Waals surface area (Å²) in [6.45, 7) is 4.71. The van der Waals surface area contributed by atoms with Crippen LogP contribution in [-0.4, -0.2) is 15.0 Å². The molecule has 7 aromatic carbocycles. The molecule has 6 aliphatic rings. The van der Waals surface area contributed by atoms with Gasteiger partial charge in [-0.15, -0.1) is 11.3 Å². The van der Waals surface area contributed by atoms with Gasteiger partial charge in [-0.1, -0.05) is 147 Å². The predicted octanol–water partition coefficient (Wildman–Crippen LogP) is 14.9. The minimum Gasteiger partial charge on any atom is -0.208 e. The first kappa shape index (κ1) is 35.4. The molecule has 4 bridgehead atoms. The maximum absolute atomic E-state index is 5.42. The minimum atomic E-state index is -0.196. The summed E-state index contributed by atoms with van der Waals surface area (Å²) >= 11 is 1.96. The molecule has 2 heterocycles. The molecule has 0 atom stereocenters. The highest BCUT2D eigenvalue weighted by Gasteiger charge is 2.61. The van der Waals surface area contributed by atoms with Crippen LogP contribution < -0.4 is 0 Å². The van der Waals surface area contributed by atoms with Gasteiger partial charge in [0.25, 0.3) is 0 Å². The monoisotopic (exact) mass is 815 g/mol. The Kier molecular flexibility index (Phi) is 7.23. The summed E-state index contributed by atoms with van der Waals surface area (Å²) in [5.74, 6) is 5.44. The van der Waals surface area contributed by atoms with Crippen molar-refractivity contribution >= 4 is 31.5 Å². The first-order valence-corrected chi connectivity index (χ1v) is 23.5. The fraction of sp³-hybridized carbons (Fsp3) is 0.224. The van der Waals surface area contributed by atoms with Gasteiger partial charge >= 0.3 is 0 Å². The van der Waals surface area contributed by atoms with Gasteiger partial charge in [-0.25, -0.2) is 15.0 Å². The van der Waals surface area contributed by atoms with Gasteiger partial charge in [0, 0.05) is 53.3 Å². The molecular formula is C58H45N3S. The summed E-state index contributed by atoms with van der Waals surface area (Å²) in [5.41, 5.74) is 16.9. The highest BCUT2D eigenvalue weighted by atomic mass is 32.1. The smallest absolute Gasteiger partial charge is 0.164 e. The lowest BCUT2D eigenvalue weighted by molar-refractivity contribution is -0.0399. The fourth-order valence-electron chi connectivity index (χ4n) is 13.7. The summed E-state index contributed by atoms with van der Waals surface area (Å²) in [4.78, 5) is 16.0. The molecule has 3 nitrogen and oxygen atoms in total. The molecule has 0 radical (unpaired) electrons. The van der Waals surface area contributed by atoms with Crippen LogP contribution in [0.25, 0.3) is 87.7 Å². The van der Waals surface area contributed by atoms with Crippen molar-refractivity contribution in [3.8, 4) is 67.5 Å². The molecule has 6 aliphatic carbocycles. The van der Waals surface area contributed by atoms with Crippen molar-refractivity contribution in [2.45, 2.75) is 56.8 Å². The Hall–Kier alpha value is -6.23. The van der Waals surface area contributed by atoms with Gasteiger partial charge in [-0.05, 0) is 124 Å². The van der Waals surface area contributed by atoms with Crippen molar-refractivity contribution < 1.29 is 0 Å². The Bertz CT molecular complexity index is 3310. The predicted molar refractivity (Wildman–Crippen MR) is 255 cm³/mol. The average Bonchev–Trinajstić information content (AvgIpc) is 3.92. The standard InChI is InChI=1S/C58H45N3S/c1-57(2)48-31-37(35-12-5-3-6-13-35)20-22-41(48)42-23-21-38(32-49(42)57)55-59-54(36-14-7-4-8-15-36)60-56(61-55)45-17-11-19-50-51(45)44-24-25-47-52(53(44)62-50)43-16-9-10-18-46(43)58(47)39-27-33-26-34(29-39)30-40(58)28-33/h3-25,31-34,39-40H,26-30H2,1-2H3. The van der Waals surface area contributed by atoms with Gasteiger partial charge in [-0.3, -0.25) is 0 Å². The van der Waals surface area contributed by atoms with E-state index >= 15 is 0 Å². The zero-order valence-corrected chi connectivity index (χ0v) is 35.8. The fourth-order valence-corrected chi connectivity index (χ4v) is 15.0. The Morgan fingerprint density at radius 3 is 1.77 bits per heavy atom. The van der Waals surface area contributed by atoms with E-state index in [0.717, 1.165) is 40.4 Å². The molecule has 15 rings (SSSR count). The zero-order valence-electron chi connectivity index (χ0n) is 35.0. The quantitative estimate of drug-likeness (QED) is 0.178. The number of fused-ring (bicyclic) bond motifs is 10. The zero-order chi connectivity index (χ0) is 40.9. The minimum absolute atomic E-state index is 0.149. The van der Waals surface area contributed by atoms with Crippen molar-refractivity contribution in [1.82, 2.24) is 15.0 Å². The van der Waals surface area contributed by atoms with Crippen molar-refractivity contribution in [3.05, 3.63) is 174 Å². The number of benzene rings is 7. The molecule has 4 fully saturated rings. The van der Waals surface area contributed by atoms with Gasteiger partial charge in [-0.2, -0.15) is 0 Å². The van der Waals surface area contributed by atoms with Crippen LogP contribution in [0.4, 0.5) is 0 Å². The Morgan fingerprint density at radius 1 is 0.452 bits per heavy atom. The molecule has 9 aromatic rings. The summed E-state index contributed by atoms with van der Waals surface area (Å²) in [6.07, 6.45) is 7.04. The van der Waals surface area contributed by atoms with Crippen molar-refractivity contribution in [3.63, 3.8) is 0 Å². The number of hydrogen-bond acceptors (Lipinski definition) is 4. The van der Waals surface area contributed by atoms with Crippen LogP contribution >= 0.6 is 11.3 Å². The number of rotatable bonds is 4. The van der Waals surface area contributed by atoms with E-state index in [9.17, 15) is 0 Å². The SMILES string of the molecule is CC1(C)c2cc(-c3ccccc3)ccc2-c2ccc(-c3nc(-c4ccccc4)nc(-c4cccc5sc6c7c(ccc6c45)C4(c5ccccc5-7)C5CC6CC(C5)CC4C6)n3)cc21. The molecule has 0 N–H and O–H groups in total. The van der Waals surface area contributed by atoms with E-state index in [4.69, 9.17) is 15.0 Å². The van der Waals surface area contributed by atoms with Crippen LogP contribution in [0, 0.1) is 23.7 Å². The van der Waals surface area contributed by atoms with Gasteiger partial charge in [0.2, 0.25) is 0 Å². The molecule has 1 spiro atoms. The summed E-state index contributed by atoms with van der Waals surface area (Å²) in [6, 6.07) is 56.2. The Labute approximate surface area is 366 Å². The van der Waals surface area contributed by atoms with E-state index in [1.165, 1.54) is 96.8 Å². The third-order valence-corrected chi connectivity index (χ3v) is 17.3. The molecule has 4 saturated carbocycles. The van der Waals surface area contributed by atoms with Gasteiger partial charge < -0.3 is 0 Å². The van der Waals surface area contributed by atoms with Crippen molar-refractivity contribution in [2.24, 2.45) is 23.7 Å². The third-order valence-electron chi connectivity index (χ3n) is 16.1. The topological polar surface area (TPSA) is 38.7 Å². The number of hydrogen-bond donors (Lipinski definition) is 0. The highest BCUT2D eigenvalue weighted by Crippen LogP contribution is 2.70. The third kappa shape index (κ3) is 4.74. The van der Waals surface area contributed by atoms with E-state index in [0.29, 0.717) is 17.5 Å². The molecule has 0 unspecified atom stereocenters. The van der Waals surface area contributed by atoms with E-state index in [1.54, 1.807) is 11.1 Å². The molecule has 0 saturated heterocycles. The van der Waals surface area contributed by atoms with Crippen LogP contribution in [0.5, 0.6) is 0 Å².